The van der Waals surface area contributed by atoms with E-state index in [9.17, 15) is 18.0 Å². The highest BCUT2D eigenvalue weighted by Gasteiger charge is 2.14. The summed E-state index contributed by atoms with van der Waals surface area (Å²) in [6, 6.07) is 12.0. The molecule has 0 spiro atoms. The van der Waals surface area contributed by atoms with Crippen LogP contribution in [0, 0.1) is 0 Å². The van der Waals surface area contributed by atoms with E-state index in [0.29, 0.717) is 5.02 Å². The van der Waals surface area contributed by atoms with Gasteiger partial charge in [0.25, 0.3) is 0 Å². The van der Waals surface area contributed by atoms with Gasteiger partial charge in [-0.2, -0.15) is 0 Å². The fraction of sp³-hybridized carbons (Fsp3) is 0.0667. The third kappa shape index (κ3) is 5.05. The number of hydrogen-bond donors (Lipinski definition) is 3. The first kappa shape index (κ1) is 17.9. The second-order valence-corrected chi connectivity index (χ2v) is 6.83. The van der Waals surface area contributed by atoms with E-state index in [4.69, 9.17) is 16.7 Å². The summed E-state index contributed by atoms with van der Waals surface area (Å²) < 4.78 is 22.3. The van der Waals surface area contributed by atoms with Crippen LogP contribution >= 0.6 is 11.6 Å². The molecule has 0 fully saturated rings. The molecule has 0 saturated heterocycles. The maximum Gasteiger partial charge on any atom is 0.313 e. The molecule has 2 rings (SSSR count). The Labute approximate surface area is 143 Å². The number of halogens is 1. The second kappa shape index (κ2) is 7.43. The highest BCUT2D eigenvalue weighted by atomic mass is 35.5. The molecule has 0 saturated carbocycles. The molecule has 0 unspecified atom stereocenters. The van der Waals surface area contributed by atoms with Crippen LogP contribution < -0.4 is 15.8 Å². The fourth-order valence-corrected chi connectivity index (χ4v) is 2.42. The summed E-state index contributed by atoms with van der Waals surface area (Å²) in [6.07, 6.45) is 0. The molecule has 0 aromatic heterocycles. The van der Waals surface area contributed by atoms with Gasteiger partial charge in [0.05, 0.1) is 4.90 Å². The molecule has 0 atom stereocenters. The molecular weight excluding hydrogens is 354 g/mol. The topological polar surface area (TPSA) is 118 Å². The van der Waals surface area contributed by atoms with E-state index in [0.717, 1.165) is 5.56 Å². The summed E-state index contributed by atoms with van der Waals surface area (Å²) in [5, 5.41) is 10.4. The Morgan fingerprint density at radius 1 is 0.958 bits per heavy atom. The lowest BCUT2D eigenvalue weighted by atomic mass is 10.2. The van der Waals surface area contributed by atoms with Crippen LogP contribution in [0.4, 0.5) is 5.69 Å². The van der Waals surface area contributed by atoms with Gasteiger partial charge in [-0.15, -0.1) is 0 Å². The van der Waals surface area contributed by atoms with Crippen molar-refractivity contribution in [3.05, 3.63) is 59.1 Å². The normalized spacial score (nSPS) is 10.9. The third-order valence-electron chi connectivity index (χ3n) is 3.01. The summed E-state index contributed by atoms with van der Waals surface area (Å²) >= 11 is 5.76. The Hall–Kier alpha value is -2.42. The zero-order valence-corrected chi connectivity index (χ0v) is 13.9. The van der Waals surface area contributed by atoms with Crippen molar-refractivity contribution in [3.63, 3.8) is 0 Å². The van der Waals surface area contributed by atoms with E-state index in [1.165, 1.54) is 24.3 Å². The van der Waals surface area contributed by atoms with E-state index in [1.54, 1.807) is 24.3 Å². The minimum absolute atomic E-state index is 0.0901. The van der Waals surface area contributed by atoms with Crippen molar-refractivity contribution >= 4 is 39.1 Å². The monoisotopic (exact) mass is 367 g/mol. The number of primary sulfonamides is 1. The van der Waals surface area contributed by atoms with E-state index in [-0.39, 0.29) is 17.1 Å². The number of anilines is 1. The number of carbonyl (C=O) groups excluding carboxylic acids is 2. The Balaban J connectivity index is 1.91. The first-order chi connectivity index (χ1) is 11.3. The SMILES string of the molecule is NS(=O)(=O)c1ccc(NC(=O)C(=O)NCc2ccc(Cl)cc2)cc1. The van der Waals surface area contributed by atoms with Gasteiger partial charge in [0.15, 0.2) is 0 Å². The van der Waals surface area contributed by atoms with Crippen LogP contribution in [0.5, 0.6) is 0 Å². The van der Waals surface area contributed by atoms with Crippen molar-refractivity contribution in [2.24, 2.45) is 5.14 Å². The molecule has 0 radical (unpaired) electrons. The van der Waals surface area contributed by atoms with Crippen LogP contribution in [0.1, 0.15) is 5.56 Å². The molecule has 2 aromatic carbocycles. The van der Waals surface area contributed by atoms with Crippen molar-refractivity contribution in [1.29, 1.82) is 0 Å². The molecule has 9 heteroatoms. The number of carbonyl (C=O) groups is 2. The van der Waals surface area contributed by atoms with E-state index >= 15 is 0 Å². The highest BCUT2D eigenvalue weighted by Crippen LogP contribution is 2.12. The number of nitrogens with one attached hydrogen (secondary N) is 2. The van der Waals surface area contributed by atoms with Gasteiger partial charge in [-0.05, 0) is 42.0 Å². The number of sulfonamides is 1. The predicted molar refractivity (Wildman–Crippen MR) is 89.7 cm³/mol. The van der Waals surface area contributed by atoms with Gasteiger partial charge in [0.2, 0.25) is 10.0 Å². The molecule has 0 bridgehead atoms. The molecule has 2 aromatic rings. The standard InChI is InChI=1S/C15H14ClN3O4S/c16-11-3-1-10(2-4-11)9-18-14(20)15(21)19-12-5-7-13(8-6-12)24(17,22)23/h1-8H,9H2,(H,18,20)(H,19,21)(H2,17,22,23). The lowest BCUT2D eigenvalue weighted by Gasteiger charge is -2.07. The van der Waals surface area contributed by atoms with Crippen molar-refractivity contribution in [2.45, 2.75) is 11.4 Å². The molecule has 24 heavy (non-hydrogen) atoms. The second-order valence-electron chi connectivity index (χ2n) is 4.83. The molecule has 0 aliphatic carbocycles. The number of hydrogen-bond acceptors (Lipinski definition) is 4. The summed E-state index contributed by atoms with van der Waals surface area (Å²) in [6.45, 7) is 0.174. The average molecular weight is 368 g/mol. The van der Waals surface area contributed by atoms with E-state index in [1.807, 2.05) is 0 Å². The van der Waals surface area contributed by atoms with Gasteiger partial charge < -0.3 is 10.6 Å². The fourth-order valence-electron chi connectivity index (χ4n) is 1.78. The Morgan fingerprint density at radius 3 is 2.08 bits per heavy atom. The molecule has 0 aliphatic rings. The number of amides is 2. The van der Waals surface area contributed by atoms with Crippen LogP contribution in [0.25, 0.3) is 0 Å². The van der Waals surface area contributed by atoms with Gasteiger partial charge in [0.1, 0.15) is 0 Å². The quantitative estimate of drug-likeness (QED) is 0.704. The molecule has 0 aliphatic heterocycles. The van der Waals surface area contributed by atoms with Crippen molar-refractivity contribution < 1.29 is 18.0 Å². The maximum atomic E-state index is 11.8. The van der Waals surface area contributed by atoms with Gasteiger partial charge in [-0.25, -0.2) is 13.6 Å². The third-order valence-corrected chi connectivity index (χ3v) is 4.19. The lowest BCUT2D eigenvalue weighted by molar-refractivity contribution is -0.136. The zero-order chi connectivity index (χ0) is 17.7. The summed E-state index contributed by atoms with van der Waals surface area (Å²) in [4.78, 5) is 23.4. The van der Waals surface area contributed by atoms with Crippen molar-refractivity contribution in [1.82, 2.24) is 5.32 Å². The maximum absolute atomic E-state index is 11.8. The minimum atomic E-state index is -3.81. The van der Waals surface area contributed by atoms with Crippen LogP contribution in [0.15, 0.2) is 53.4 Å². The largest absolute Gasteiger partial charge is 0.344 e. The van der Waals surface area contributed by atoms with Gasteiger partial charge in [-0.1, -0.05) is 23.7 Å². The first-order valence-corrected chi connectivity index (χ1v) is 8.64. The van der Waals surface area contributed by atoms with Crippen LogP contribution in [0.3, 0.4) is 0 Å². The average Bonchev–Trinajstić information content (AvgIpc) is 2.53. The number of benzene rings is 2. The lowest BCUT2D eigenvalue weighted by Crippen LogP contribution is -2.34. The number of rotatable bonds is 4. The summed E-state index contributed by atoms with van der Waals surface area (Å²) in [5.74, 6) is -1.69. The van der Waals surface area contributed by atoms with Crippen LogP contribution in [-0.2, 0) is 26.2 Å². The number of nitrogens with two attached hydrogens (primary N) is 1. The van der Waals surface area contributed by atoms with Crippen LogP contribution in [-0.4, -0.2) is 20.2 Å². The zero-order valence-electron chi connectivity index (χ0n) is 12.3. The first-order valence-electron chi connectivity index (χ1n) is 6.72. The Bertz CT molecular complexity index is 849. The smallest absolute Gasteiger partial charge is 0.313 e. The van der Waals surface area contributed by atoms with Crippen molar-refractivity contribution in [3.8, 4) is 0 Å². The Morgan fingerprint density at radius 2 is 1.54 bits per heavy atom. The van der Waals surface area contributed by atoms with Crippen LogP contribution in [0.2, 0.25) is 5.02 Å². The minimum Gasteiger partial charge on any atom is -0.344 e. The molecule has 2 amide bonds. The highest BCUT2D eigenvalue weighted by molar-refractivity contribution is 7.89. The molecule has 4 N–H and O–H groups in total. The summed E-state index contributed by atoms with van der Waals surface area (Å²) in [7, 11) is -3.81. The van der Waals surface area contributed by atoms with Gasteiger partial charge in [-0.3, -0.25) is 9.59 Å². The molecule has 0 heterocycles. The van der Waals surface area contributed by atoms with E-state index in [2.05, 4.69) is 10.6 Å². The molecule has 126 valence electrons. The summed E-state index contributed by atoms with van der Waals surface area (Å²) in [5.41, 5.74) is 1.06. The predicted octanol–water partition coefficient (Wildman–Crippen LogP) is 1.24. The van der Waals surface area contributed by atoms with Gasteiger partial charge in [0, 0.05) is 17.3 Å². The van der Waals surface area contributed by atoms with E-state index < -0.39 is 21.8 Å². The van der Waals surface area contributed by atoms with Crippen molar-refractivity contribution in [2.75, 3.05) is 5.32 Å². The van der Waals surface area contributed by atoms with Gasteiger partial charge >= 0.3 is 11.8 Å². The molecule has 7 nitrogen and oxygen atoms in total. The molecular formula is C15H14ClN3O4S. The Kier molecular flexibility index (Phi) is 5.55.